The van der Waals surface area contributed by atoms with Crippen molar-refractivity contribution in [3.8, 4) is 5.75 Å². The third-order valence-corrected chi connectivity index (χ3v) is 6.65. The highest BCUT2D eigenvalue weighted by Gasteiger charge is 2.67. The lowest BCUT2D eigenvalue weighted by Crippen LogP contribution is -2.44. The average Bonchev–Trinajstić information content (AvgIpc) is 3.50. The molecule has 0 saturated carbocycles. The van der Waals surface area contributed by atoms with Crippen LogP contribution in [-0.2, 0) is 34.5 Å². The molecule has 2 saturated heterocycles. The molecule has 8 heteroatoms. The van der Waals surface area contributed by atoms with Crippen molar-refractivity contribution in [3.05, 3.63) is 60.2 Å². The van der Waals surface area contributed by atoms with Crippen LogP contribution in [0.1, 0.15) is 11.4 Å². The van der Waals surface area contributed by atoms with Gasteiger partial charge in [0.15, 0.2) is 0 Å². The number of hydrogen-bond acceptors (Lipinski definition) is 5. The second-order valence-corrected chi connectivity index (χ2v) is 8.59. The van der Waals surface area contributed by atoms with Crippen molar-refractivity contribution in [2.75, 3.05) is 20.7 Å². The lowest BCUT2D eigenvalue weighted by molar-refractivity contribution is -0.143. The van der Waals surface area contributed by atoms with Gasteiger partial charge < -0.3 is 23.8 Å². The van der Waals surface area contributed by atoms with Gasteiger partial charge in [0.1, 0.15) is 17.2 Å². The number of carbonyl (C=O) groups excluding carboxylic acids is 2. The number of imidazole rings is 1. The number of fused-ring (bicyclic) bond motifs is 1. The summed E-state index contributed by atoms with van der Waals surface area (Å²) in [5, 5.41) is 0. The second-order valence-electron chi connectivity index (χ2n) is 8.59. The van der Waals surface area contributed by atoms with E-state index < -0.39 is 17.4 Å². The van der Waals surface area contributed by atoms with Crippen LogP contribution >= 0.6 is 0 Å². The summed E-state index contributed by atoms with van der Waals surface area (Å²) < 4.78 is 13.4. The Balaban J connectivity index is 1.36. The number of rotatable bonds is 6. The molecule has 3 aliphatic heterocycles. The maximum absolute atomic E-state index is 13.4. The molecule has 1 aromatic carbocycles. The van der Waals surface area contributed by atoms with Gasteiger partial charge in [0.2, 0.25) is 11.8 Å². The Morgan fingerprint density at radius 2 is 2.26 bits per heavy atom. The maximum atomic E-state index is 13.4. The zero-order valence-corrected chi connectivity index (χ0v) is 17.9. The summed E-state index contributed by atoms with van der Waals surface area (Å²) in [5.74, 6) is 0.424. The number of aryl methyl sites for hydroxylation is 1. The summed E-state index contributed by atoms with van der Waals surface area (Å²) in [7, 11) is 5.28. The van der Waals surface area contributed by atoms with Crippen LogP contribution in [0.5, 0.6) is 5.75 Å². The SMILES string of the molecule is COc1cccc(CN2C[C@]34C=C[C@H](O3)[C@H](C(=O)N(C)Cc3nccn3C)[C@H]4C2=O)c1. The van der Waals surface area contributed by atoms with E-state index in [9.17, 15) is 9.59 Å². The van der Waals surface area contributed by atoms with Crippen molar-refractivity contribution in [2.45, 2.75) is 24.8 Å². The van der Waals surface area contributed by atoms with Crippen molar-refractivity contribution < 1.29 is 19.1 Å². The molecule has 1 aromatic heterocycles. The largest absolute Gasteiger partial charge is 0.497 e. The minimum absolute atomic E-state index is 0.0292. The van der Waals surface area contributed by atoms with Gasteiger partial charge in [-0.2, -0.15) is 0 Å². The van der Waals surface area contributed by atoms with Gasteiger partial charge in [-0.05, 0) is 17.7 Å². The first-order chi connectivity index (χ1) is 14.9. The summed E-state index contributed by atoms with van der Waals surface area (Å²) in [4.78, 5) is 34.6. The predicted octanol–water partition coefficient (Wildman–Crippen LogP) is 1.37. The van der Waals surface area contributed by atoms with E-state index in [1.54, 1.807) is 30.2 Å². The third-order valence-electron chi connectivity index (χ3n) is 6.65. The smallest absolute Gasteiger partial charge is 0.230 e. The Bertz CT molecular complexity index is 1060. The molecule has 0 aliphatic carbocycles. The number of amides is 2. The van der Waals surface area contributed by atoms with Gasteiger partial charge in [-0.15, -0.1) is 0 Å². The van der Waals surface area contributed by atoms with Crippen molar-refractivity contribution in [2.24, 2.45) is 18.9 Å². The molecule has 4 heterocycles. The molecule has 0 unspecified atom stereocenters. The Morgan fingerprint density at radius 3 is 3.00 bits per heavy atom. The average molecular weight is 422 g/mol. The first-order valence-electron chi connectivity index (χ1n) is 10.4. The maximum Gasteiger partial charge on any atom is 0.230 e. The molecule has 2 bridgehead atoms. The van der Waals surface area contributed by atoms with Crippen LogP contribution in [0.2, 0.25) is 0 Å². The normalized spacial score (nSPS) is 28.3. The van der Waals surface area contributed by atoms with Crippen LogP contribution in [0.4, 0.5) is 0 Å². The van der Waals surface area contributed by atoms with Gasteiger partial charge in [0, 0.05) is 33.0 Å². The number of likely N-dealkylation sites (tertiary alicyclic amines) is 1. The van der Waals surface area contributed by atoms with Crippen molar-refractivity contribution in [1.29, 1.82) is 0 Å². The summed E-state index contributed by atoms with van der Waals surface area (Å²) >= 11 is 0. The van der Waals surface area contributed by atoms with Crippen molar-refractivity contribution >= 4 is 11.8 Å². The zero-order chi connectivity index (χ0) is 21.8. The van der Waals surface area contributed by atoms with Gasteiger partial charge in [-0.3, -0.25) is 9.59 Å². The first-order valence-corrected chi connectivity index (χ1v) is 10.4. The molecular weight excluding hydrogens is 396 g/mol. The van der Waals surface area contributed by atoms with Crippen molar-refractivity contribution in [3.63, 3.8) is 0 Å². The zero-order valence-electron chi connectivity index (χ0n) is 17.9. The van der Waals surface area contributed by atoms with Gasteiger partial charge in [0.05, 0.1) is 38.1 Å². The monoisotopic (exact) mass is 422 g/mol. The van der Waals surface area contributed by atoms with Gasteiger partial charge >= 0.3 is 0 Å². The molecule has 1 spiro atoms. The highest BCUT2D eigenvalue weighted by atomic mass is 16.5. The van der Waals surface area contributed by atoms with E-state index in [0.29, 0.717) is 19.6 Å². The van der Waals surface area contributed by atoms with Crippen LogP contribution in [0, 0.1) is 11.8 Å². The molecular formula is C23H26N4O4. The summed E-state index contributed by atoms with van der Waals surface area (Å²) in [6, 6.07) is 7.69. The van der Waals surface area contributed by atoms with E-state index in [1.165, 1.54) is 0 Å². The molecule has 2 aromatic rings. The molecule has 3 aliphatic rings. The number of aromatic nitrogens is 2. The molecule has 0 radical (unpaired) electrons. The van der Waals surface area contributed by atoms with E-state index in [4.69, 9.17) is 9.47 Å². The van der Waals surface area contributed by atoms with E-state index in [1.807, 2.05) is 54.2 Å². The molecule has 0 N–H and O–H groups in total. The van der Waals surface area contributed by atoms with Crippen LogP contribution in [-0.4, -0.2) is 63.6 Å². The number of carbonyl (C=O) groups is 2. The fourth-order valence-electron chi connectivity index (χ4n) is 5.08. The minimum atomic E-state index is -0.717. The Labute approximate surface area is 181 Å². The predicted molar refractivity (Wildman–Crippen MR) is 112 cm³/mol. The van der Waals surface area contributed by atoms with Crippen LogP contribution < -0.4 is 4.74 Å². The van der Waals surface area contributed by atoms with Gasteiger partial charge in [-0.1, -0.05) is 24.3 Å². The number of methoxy groups -OCH3 is 1. The first kappa shape index (κ1) is 19.8. The Kier molecular flexibility index (Phi) is 4.62. The van der Waals surface area contributed by atoms with Gasteiger partial charge in [0.25, 0.3) is 0 Å². The number of ether oxygens (including phenoxy) is 2. The van der Waals surface area contributed by atoms with Crippen LogP contribution in [0.15, 0.2) is 48.8 Å². The molecule has 2 fully saturated rings. The van der Waals surface area contributed by atoms with E-state index >= 15 is 0 Å². The topological polar surface area (TPSA) is 76.9 Å². The lowest BCUT2D eigenvalue weighted by atomic mass is 9.76. The molecule has 162 valence electrons. The highest BCUT2D eigenvalue weighted by molar-refractivity contribution is 5.93. The quantitative estimate of drug-likeness (QED) is 0.658. The number of hydrogen-bond donors (Lipinski definition) is 0. The van der Waals surface area contributed by atoms with Crippen LogP contribution in [0.3, 0.4) is 0 Å². The summed E-state index contributed by atoms with van der Waals surface area (Å²) in [5.41, 5.74) is 0.266. The third kappa shape index (κ3) is 3.13. The summed E-state index contributed by atoms with van der Waals surface area (Å²) in [6.45, 7) is 1.30. The van der Waals surface area contributed by atoms with Crippen LogP contribution in [0.25, 0.3) is 0 Å². The lowest BCUT2D eigenvalue weighted by Gasteiger charge is -2.27. The molecule has 4 atom stereocenters. The standard InChI is InChI=1S/C23H26N4O4/c1-25-10-9-24-18(25)13-26(2)21(28)19-17-7-8-23(31-17)14-27(22(29)20(19)23)12-15-5-4-6-16(11-15)30-3/h4-11,17,19-20H,12-14H2,1-3H3/t17-,19-,20-,23-/m0/s1. The van der Waals surface area contributed by atoms with E-state index in [0.717, 1.165) is 17.1 Å². The van der Waals surface area contributed by atoms with E-state index in [-0.39, 0.29) is 17.9 Å². The number of benzene rings is 1. The molecule has 31 heavy (non-hydrogen) atoms. The minimum Gasteiger partial charge on any atom is -0.497 e. The van der Waals surface area contributed by atoms with E-state index in [2.05, 4.69) is 4.98 Å². The fourth-order valence-corrected chi connectivity index (χ4v) is 5.08. The number of nitrogens with zero attached hydrogens (tertiary/aromatic N) is 4. The van der Waals surface area contributed by atoms with Crippen molar-refractivity contribution in [1.82, 2.24) is 19.4 Å². The molecule has 8 nitrogen and oxygen atoms in total. The Hall–Kier alpha value is -3.13. The second kappa shape index (κ2) is 7.23. The molecule has 2 amide bonds. The fraction of sp³-hybridized carbons (Fsp3) is 0.435. The Morgan fingerprint density at radius 1 is 1.42 bits per heavy atom. The highest BCUT2D eigenvalue weighted by Crippen LogP contribution is 2.52. The summed E-state index contributed by atoms with van der Waals surface area (Å²) in [6.07, 6.45) is 7.13. The molecule has 5 rings (SSSR count). The van der Waals surface area contributed by atoms with Gasteiger partial charge in [-0.25, -0.2) is 4.98 Å².